The van der Waals surface area contributed by atoms with Gasteiger partial charge < -0.3 is 15.6 Å². The van der Waals surface area contributed by atoms with E-state index >= 15 is 0 Å². The Morgan fingerprint density at radius 2 is 1.93 bits per heavy atom. The number of hydrogen-bond donors (Lipinski definition) is 1. The Kier molecular flexibility index (Phi) is 5.71. The zero-order valence-corrected chi connectivity index (χ0v) is 17.3. The second kappa shape index (κ2) is 8.14. The van der Waals surface area contributed by atoms with E-state index in [-0.39, 0.29) is 22.5 Å². The third kappa shape index (κ3) is 4.43. The summed E-state index contributed by atoms with van der Waals surface area (Å²) in [5, 5.41) is 8.58. The number of carbonyl (C=O) groups excluding carboxylic acids is 1. The van der Waals surface area contributed by atoms with Gasteiger partial charge in [-0.15, -0.1) is 10.2 Å². The Morgan fingerprint density at radius 1 is 1.23 bits per heavy atom. The summed E-state index contributed by atoms with van der Waals surface area (Å²) in [5.41, 5.74) is -0.889. The summed E-state index contributed by atoms with van der Waals surface area (Å²) in [6, 6.07) is 0.872. The Labute approximate surface area is 179 Å². The average molecular weight is 462 g/mol. The van der Waals surface area contributed by atoms with Crippen molar-refractivity contribution in [3.8, 4) is 0 Å². The molecule has 0 aromatic carbocycles. The summed E-state index contributed by atoms with van der Waals surface area (Å²) >= 11 is 7.25. The second-order valence-electron chi connectivity index (χ2n) is 7.17. The Balaban J connectivity index is 1.30. The first-order chi connectivity index (χ1) is 14.2. The molecule has 2 aromatic rings. The van der Waals surface area contributed by atoms with Crippen molar-refractivity contribution in [1.82, 2.24) is 24.8 Å². The van der Waals surface area contributed by atoms with Gasteiger partial charge in [0.2, 0.25) is 11.1 Å². The molecule has 1 amide bonds. The molecule has 2 fully saturated rings. The monoisotopic (exact) mass is 461 g/mol. The largest absolute Gasteiger partial charge is 0.417 e. The molecule has 0 radical (unpaired) electrons. The van der Waals surface area contributed by atoms with Gasteiger partial charge in [-0.25, -0.2) is 9.66 Å². The average Bonchev–Trinajstić information content (AvgIpc) is 3.48. The fourth-order valence-electron chi connectivity index (χ4n) is 3.21. The molecule has 0 unspecified atom stereocenters. The number of anilines is 1. The molecule has 1 saturated heterocycles. The highest BCUT2D eigenvalue weighted by Crippen LogP contribution is 2.39. The van der Waals surface area contributed by atoms with E-state index in [0.29, 0.717) is 37.3 Å². The third-order valence-electron chi connectivity index (χ3n) is 5.04. The third-order valence-corrected chi connectivity index (χ3v) is 6.25. The number of amides is 1. The van der Waals surface area contributed by atoms with E-state index in [1.807, 2.05) is 0 Å². The minimum absolute atomic E-state index is 0.0612. The van der Waals surface area contributed by atoms with Gasteiger partial charge in [0.1, 0.15) is 5.82 Å². The molecule has 2 aliphatic rings. The number of nitrogen functional groups attached to an aromatic ring is 1. The standard InChI is InChI=1S/C17H19ClF3N7OS/c18-12-7-11(17(19,20)21)8-23-15(12)27-5-3-26(4-6-27)13(29)9-30-16-25-24-14(28(16)22)10-1-2-10/h7-8,10H,1-6,9,22H2. The van der Waals surface area contributed by atoms with Crippen LogP contribution in [0.25, 0.3) is 0 Å². The van der Waals surface area contributed by atoms with Crippen LogP contribution < -0.4 is 10.7 Å². The molecular weight excluding hydrogens is 443 g/mol. The minimum atomic E-state index is -4.49. The van der Waals surface area contributed by atoms with Gasteiger partial charge >= 0.3 is 6.18 Å². The summed E-state index contributed by atoms with van der Waals surface area (Å²) in [6.45, 7) is 1.68. The van der Waals surface area contributed by atoms with Gasteiger partial charge in [-0.05, 0) is 18.9 Å². The smallest absolute Gasteiger partial charge is 0.352 e. The van der Waals surface area contributed by atoms with Crippen molar-refractivity contribution in [2.45, 2.75) is 30.1 Å². The molecule has 2 aromatic heterocycles. The summed E-state index contributed by atoms with van der Waals surface area (Å²) in [6.07, 6.45) is -1.61. The number of hydrogen-bond acceptors (Lipinski definition) is 7. The lowest BCUT2D eigenvalue weighted by Gasteiger charge is -2.35. The van der Waals surface area contributed by atoms with Crippen LogP contribution in [-0.2, 0) is 11.0 Å². The van der Waals surface area contributed by atoms with Crippen LogP contribution in [0.2, 0.25) is 5.02 Å². The van der Waals surface area contributed by atoms with Crippen LogP contribution in [0.5, 0.6) is 0 Å². The van der Waals surface area contributed by atoms with Crippen molar-refractivity contribution in [2.24, 2.45) is 0 Å². The van der Waals surface area contributed by atoms with Gasteiger partial charge in [0.15, 0.2) is 5.82 Å². The highest BCUT2D eigenvalue weighted by atomic mass is 35.5. The molecule has 3 heterocycles. The number of thioether (sulfide) groups is 1. The molecule has 162 valence electrons. The molecule has 1 aliphatic carbocycles. The number of halogens is 4. The normalized spacial score (nSPS) is 17.5. The van der Waals surface area contributed by atoms with E-state index in [1.54, 1.807) is 9.80 Å². The van der Waals surface area contributed by atoms with E-state index < -0.39 is 11.7 Å². The van der Waals surface area contributed by atoms with Crippen LogP contribution in [0.1, 0.15) is 30.1 Å². The Morgan fingerprint density at radius 3 is 2.53 bits per heavy atom. The maximum atomic E-state index is 12.8. The van der Waals surface area contributed by atoms with Crippen molar-refractivity contribution in [3.63, 3.8) is 0 Å². The van der Waals surface area contributed by atoms with Gasteiger partial charge in [-0.1, -0.05) is 23.4 Å². The van der Waals surface area contributed by atoms with Crippen LogP contribution in [0.15, 0.2) is 17.4 Å². The first kappa shape index (κ1) is 21.0. The van der Waals surface area contributed by atoms with E-state index in [9.17, 15) is 18.0 Å². The number of carbonyl (C=O) groups is 1. The molecule has 0 spiro atoms. The maximum Gasteiger partial charge on any atom is 0.417 e. The molecule has 1 saturated carbocycles. The van der Waals surface area contributed by atoms with Crippen molar-refractivity contribution in [1.29, 1.82) is 0 Å². The maximum absolute atomic E-state index is 12.8. The van der Waals surface area contributed by atoms with E-state index in [2.05, 4.69) is 15.2 Å². The first-order valence-corrected chi connectivity index (χ1v) is 10.7. The molecule has 0 atom stereocenters. The molecule has 2 N–H and O–H groups in total. The number of nitrogens with zero attached hydrogens (tertiary/aromatic N) is 6. The van der Waals surface area contributed by atoms with E-state index in [0.717, 1.165) is 30.9 Å². The molecular formula is C17H19ClF3N7OS. The number of aromatic nitrogens is 4. The zero-order valence-electron chi connectivity index (χ0n) is 15.8. The van der Waals surface area contributed by atoms with Crippen LogP contribution in [-0.4, -0.2) is 62.6 Å². The molecule has 13 heteroatoms. The summed E-state index contributed by atoms with van der Waals surface area (Å²) in [7, 11) is 0. The Bertz CT molecular complexity index is 942. The van der Waals surface area contributed by atoms with Gasteiger partial charge in [-0.2, -0.15) is 13.2 Å². The Hall–Kier alpha value is -2.21. The van der Waals surface area contributed by atoms with Gasteiger partial charge in [0.05, 0.1) is 16.3 Å². The molecule has 4 rings (SSSR count). The molecule has 1 aliphatic heterocycles. The van der Waals surface area contributed by atoms with Gasteiger partial charge in [0.25, 0.3) is 0 Å². The van der Waals surface area contributed by atoms with Gasteiger partial charge in [0, 0.05) is 38.3 Å². The highest BCUT2D eigenvalue weighted by Gasteiger charge is 2.33. The van der Waals surface area contributed by atoms with Crippen molar-refractivity contribution < 1.29 is 18.0 Å². The fraction of sp³-hybridized carbons (Fsp3) is 0.529. The number of pyridine rings is 1. The van der Waals surface area contributed by atoms with Crippen LogP contribution >= 0.6 is 23.4 Å². The molecule has 30 heavy (non-hydrogen) atoms. The van der Waals surface area contributed by atoms with E-state index in [1.165, 1.54) is 16.4 Å². The van der Waals surface area contributed by atoms with Gasteiger partial charge in [-0.3, -0.25) is 4.79 Å². The number of alkyl halides is 3. The number of rotatable bonds is 5. The minimum Gasteiger partial charge on any atom is -0.352 e. The topological polar surface area (TPSA) is 93.2 Å². The summed E-state index contributed by atoms with van der Waals surface area (Å²) in [4.78, 5) is 19.9. The lowest BCUT2D eigenvalue weighted by molar-refractivity contribution is -0.137. The van der Waals surface area contributed by atoms with Crippen LogP contribution in [0.3, 0.4) is 0 Å². The predicted octanol–water partition coefficient (Wildman–Crippen LogP) is 2.38. The van der Waals surface area contributed by atoms with Crippen LogP contribution in [0, 0.1) is 0 Å². The van der Waals surface area contributed by atoms with E-state index in [4.69, 9.17) is 17.4 Å². The molecule has 8 nitrogen and oxygen atoms in total. The number of nitrogens with two attached hydrogens (primary N) is 1. The predicted molar refractivity (Wildman–Crippen MR) is 106 cm³/mol. The summed E-state index contributed by atoms with van der Waals surface area (Å²) < 4.78 is 39.8. The lowest BCUT2D eigenvalue weighted by Crippen LogP contribution is -2.49. The highest BCUT2D eigenvalue weighted by molar-refractivity contribution is 7.99. The van der Waals surface area contributed by atoms with Crippen molar-refractivity contribution >= 4 is 35.1 Å². The van der Waals surface area contributed by atoms with Crippen molar-refractivity contribution in [3.05, 3.63) is 28.7 Å². The zero-order chi connectivity index (χ0) is 21.5. The summed E-state index contributed by atoms with van der Waals surface area (Å²) in [5.74, 6) is 7.51. The SMILES string of the molecule is Nn1c(SCC(=O)N2CCN(c3ncc(C(F)(F)F)cc3Cl)CC2)nnc1C1CC1. The fourth-order valence-corrected chi connectivity index (χ4v) is 4.26. The first-order valence-electron chi connectivity index (χ1n) is 9.32. The lowest BCUT2D eigenvalue weighted by atomic mass is 10.2. The molecule has 0 bridgehead atoms. The second-order valence-corrected chi connectivity index (χ2v) is 8.52. The quantitative estimate of drug-likeness (QED) is 0.539. The number of piperazine rings is 1. The van der Waals surface area contributed by atoms with Crippen molar-refractivity contribution in [2.75, 3.05) is 42.7 Å². The van der Waals surface area contributed by atoms with Crippen LogP contribution in [0.4, 0.5) is 19.0 Å².